The minimum absolute atomic E-state index is 0. The van der Waals surface area contributed by atoms with Crippen LogP contribution in [0.4, 0.5) is 0 Å². The van der Waals surface area contributed by atoms with Crippen LogP contribution in [0.1, 0.15) is 451 Å². The first-order valence-corrected chi connectivity index (χ1v) is 57.1. The monoisotopic (exact) mass is 2510 g/mol. The van der Waals surface area contributed by atoms with Crippen LogP contribution in [0.25, 0.3) is 23.8 Å². The molecule has 0 aromatic heterocycles. The Balaban J connectivity index is 0.000000260. The molecule has 0 heterocycles. The summed E-state index contributed by atoms with van der Waals surface area (Å²) >= 11 is 0. The van der Waals surface area contributed by atoms with Crippen LogP contribution in [0, 0.1) is 150 Å². The Kier molecular flexibility index (Phi) is 49.7. The molecule has 23 heteroatoms. The van der Waals surface area contributed by atoms with Gasteiger partial charge in [-0.25, -0.2) is 0 Å². The van der Waals surface area contributed by atoms with Crippen molar-refractivity contribution in [1.29, 1.82) is 0 Å². The Morgan fingerprint density at radius 2 is 0.723 bits per heavy atom. The molecule has 1 amide bonds. The van der Waals surface area contributed by atoms with Crippen LogP contribution >= 0.6 is 0 Å². The zero-order chi connectivity index (χ0) is 98.5. The molecule has 17 N–H and O–H groups in total. The smallest absolute Gasteiger partial charge is 0.390 e. The molecule has 0 spiro atoms. The quantitative estimate of drug-likeness (QED) is 0.0112. The number of hydrogen-bond donors (Lipinski definition) is 6. The Hall–Kier alpha value is -2.35. The van der Waals surface area contributed by atoms with Gasteiger partial charge in [-0.15, -0.1) is 12.1 Å². The number of carbonyl (C=O) groups excluding carboxylic acids is 4. The normalized spacial score (nSPS) is 36.7. The minimum atomic E-state index is -0.975. The van der Waals surface area contributed by atoms with E-state index in [2.05, 4.69) is 127 Å². The molecule has 13 fully saturated rings. The van der Waals surface area contributed by atoms with Crippen LogP contribution in [0.5, 0.6) is 0 Å². The van der Waals surface area contributed by atoms with E-state index < -0.39 is 28.7 Å². The number of amides is 1. The SMILES string of the molecule is CC(C)CCC[C@@H](C)[C@H]1CCC2C3CC=C4C[C@@H](OCCCC(=[OH+])C5(C(=O)O)CCC5)CC[C@]4(C)C3CC[C@@]21C.CC(C)CCC[C@@H](C)[C@H]1CCC2C3CC=C4C[C@@H](OCCCC(=[OH+])C5(C(=O)O)CCC5)CC[C@]4(C)C3CC[C@@]21C.CC(C)CCC[C@@H](C)[C@H]1CC[C@H]2[C@@H]3CC=C4C[C@@H](OC(=O)CCNC(=[OH+])CCC(=O)O)CC[C@]4(C)[C@H]3CC[C@]12C.[NH-][C@@H]1CCCC[C@H]1N.[NH-][C@@H]1CCCC[C@H]1N.[NH2-].[NH2-].[Pt].[Pt].[Pt]. The van der Waals surface area contributed by atoms with Crippen LogP contribution < -0.4 is 16.8 Å². The van der Waals surface area contributed by atoms with Crippen molar-refractivity contribution in [2.24, 2.45) is 161 Å². The number of fused-ring (bicyclic) bond motifs is 15. The third kappa shape index (κ3) is 29.6. The van der Waals surface area contributed by atoms with Crippen LogP contribution in [-0.2, 0) is 96.6 Å². The molecule has 0 radical (unpaired) electrons. The Bertz CT molecular complexity index is 3850. The maximum atomic E-state index is 12.5. The number of nitrogens with one attached hydrogen (secondary N) is 3. The first kappa shape index (κ1) is 126. The summed E-state index contributed by atoms with van der Waals surface area (Å²) in [5.41, 5.74) is 31.3. The summed E-state index contributed by atoms with van der Waals surface area (Å²) in [4.78, 5) is 77.1. The fourth-order valence-corrected chi connectivity index (χ4v) is 33.3. The molecular weight excluding hydrogens is 2310 g/mol. The molecule has 16 aliphatic rings. The van der Waals surface area contributed by atoms with E-state index in [0.717, 1.165) is 190 Å². The first-order valence-electron chi connectivity index (χ1n) is 57.1. The predicted octanol–water partition coefficient (Wildman–Crippen LogP) is 29.3. The number of esters is 1. The summed E-state index contributed by atoms with van der Waals surface area (Å²) < 4.78 is 18.6. The topological polar surface area (TPSA) is 400 Å². The predicted molar refractivity (Wildman–Crippen MR) is 565 cm³/mol. The molecule has 0 bridgehead atoms. The zero-order valence-electron chi connectivity index (χ0n) is 90.8. The van der Waals surface area contributed by atoms with Gasteiger partial charge in [0, 0.05) is 89.4 Å². The number of rotatable bonds is 36. The standard InChI is InChI=1S/2C36H58O4.C34H55NO5.2C6H13N2.2H2N.3Pt/c2*1-24(2)9-6-10-25(3)29-14-15-30-28-13-12-26-23-27(16-20-34(26,4)31(28)17-21-35(29,30)5)40-22-7-11-32(37)36(33(38)39)18-8-19-36;1-22(2)7-6-8-23(3)27-11-12-28-26-10-9-24-21-25(15-18-33(24,4)29(26)16-19-34(27,28)5)40-32(39)17-20-35-30(36)13-14-31(37)38;2*7-5-3-1-2-4-6(5)8;;;;;/h2*12,24-25,27-31H,6-11,13-23H2,1-5H3,(H,38,39);9,22-23,25-29H,6-8,10-21H2,1-5H3,(H,35,36)(H,37,38);2*5-7H,1-4,8H2;2*1H2;;;/q;;;4*-1;;;/p+3/t2*25-,27+,28?,29-,30?,31?,34+,35-;23-,25+,26+,27-,28+,29+,33+,34-;2*5-,6-;;;;;/m11111...../s1. The van der Waals surface area contributed by atoms with Gasteiger partial charge in [-0.1, -0.05) is 235 Å². The van der Waals surface area contributed by atoms with E-state index in [1.54, 1.807) is 11.1 Å². The average Bonchev–Trinajstić information content (AvgIpc) is 1.70. The molecule has 0 aliphatic heterocycles. The van der Waals surface area contributed by atoms with Crippen molar-refractivity contribution in [3.8, 4) is 0 Å². The van der Waals surface area contributed by atoms with Crippen molar-refractivity contribution in [3.05, 3.63) is 58.7 Å². The van der Waals surface area contributed by atoms with Crippen LogP contribution in [0.3, 0.4) is 0 Å². The Morgan fingerprint density at radius 3 is 1.01 bits per heavy atom. The number of ether oxygens (including phenoxy) is 3. The molecule has 28 atom stereocenters. The van der Waals surface area contributed by atoms with Crippen LogP contribution in [-0.4, -0.2) is 133 Å². The van der Waals surface area contributed by atoms with E-state index in [0.29, 0.717) is 91.7 Å². The second-order valence-electron chi connectivity index (χ2n) is 51.4. The molecule has 820 valence electrons. The van der Waals surface area contributed by atoms with Gasteiger partial charge in [-0.2, -0.15) is 0 Å². The van der Waals surface area contributed by atoms with Gasteiger partial charge in [0.15, 0.2) is 10.8 Å². The van der Waals surface area contributed by atoms with Gasteiger partial charge in [-0.05, 0) is 363 Å². The van der Waals surface area contributed by atoms with E-state index >= 15 is 0 Å². The molecule has 0 aromatic rings. The van der Waals surface area contributed by atoms with Crippen molar-refractivity contribution in [2.75, 3.05) is 19.8 Å². The molecule has 6 unspecified atom stereocenters. The number of carboxylic acids is 3. The third-order valence-electron chi connectivity index (χ3n) is 42.1. The fourth-order valence-electron chi connectivity index (χ4n) is 33.3. The largest absolute Gasteiger partial charge is 0.693 e. The number of ketones is 2. The maximum Gasteiger partial charge on any atom is 0.390 e. The molecule has 20 nitrogen and oxygen atoms in total. The van der Waals surface area contributed by atoms with E-state index in [9.17, 15) is 43.8 Å². The van der Waals surface area contributed by atoms with Crippen molar-refractivity contribution in [1.82, 2.24) is 5.32 Å². The fraction of sp³-hybridized carbons (Fsp3) is 0.890. The number of nitrogens with two attached hydrogens (primary N) is 4. The summed E-state index contributed by atoms with van der Waals surface area (Å²) in [6, 6.07) is 0.403. The van der Waals surface area contributed by atoms with Gasteiger partial charge in [0.05, 0.1) is 44.3 Å². The van der Waals surface area contributed by atoms with E-state index in [1.165, 1.54) is 198 Å². The van der Waals surface area contributed by atoms with Gasteiger partial charge in [0.2, 0.25) is 0 Å². The number of carboxylic acid groups (broad SMARTS) is 3. The summed E-state index contributed by atoms with van der Waals surface area (Å²) in [6.07, 6.45) is 66.8. The van der Waals surface area contributed by atoms with Gasteiger partial charge < -0.3 is 70.1 Å². The summed E-state index contributed by atoms with van der Waals surface area (Å²) in [5, 5.41) is 30.6. The molecular formula is C118H204N7O13Pt3-. The van der Waals surface area contributed by atoms with Crippen LogP contribution in [0.15, 0.2) is 34.9 Å². The maximum absolute atomic E-state index is 12.5. The van der Waals surface area contributed by atoms with Gasteiger partial charge >= 0.3 is 41.4 Å². The molecule has 16 aliphatic carbocycles. The Morgan fingerprint density at radius 1 is 0.397 bits per heavy atom. The molecule has 13 saturated carbocycles. The summed E-state index contributed by atoms with van der Waals surface area (Å²) in [7, 11) is 0. The number of aliphatic carboxylic acids is 3. The molecule has 0 aromatic carbocycles. The number of carbonyl (C=O) groups is 4. The minimum Gasteiger partial charge on any atom is -0.693 e. The summed E-state index contributed by atoms with van der Waals surface area (Å²) in [5.74, 6) is 12.7. The van der Waals surface area contributed by atoms with Crippen LogP contribution in [0.2, 0.25) is 0 Å². The van der Waals surface area contributed by atoms with Gasteiger partial charge in [0.1, 0.15) is 6.10 Å². The van der Waals surface area contributed by atoms with Gasteiger partial charge in [-0.3, -0.25) is 33.6 Å². The van der Waals surface area contributed by atoms with Crippen molar-refractivity contribution < 1.29 is 126 Å². The van der Waals surface area contributed by atoms with E-state index in [1.807, 2.05) is 0 Å². The third-order valence-corrected chi connectivity index (χ3v) is 42.1. The van der Waals surface area contributed by atoms with Crippen molar-refractivity contribution in [2.45, 2.75) is 493 Å². The first-order chi connectivity index (χ1) is 64.6. The zero-order valence-corrected chi connectivity index (χ0v) is 97.6. The van der Waals surface area contributed by atoms with Crippen molar-refractivity contribution >= 4 is 41.4 Å². The molecule has 141 heavy (non-hydrogen) atoms. The number of allylic oxidation sites excluding steroid dienone is 3. The second-order valence-corrected chi connectivity index (χ2v) is 51.4. The number of hydrogen-bond acceptors (Lipinski definition) is 9. The molecule has 0 saturated heterocycles. The molecule has 16 rings (SSSR count). The van der Waals surface area contributed by atoms with Crippen molar-refractivity contribution in [3.63, 3.8) is 0 Å². The van der Waals surface area contributed by atoms with Gasteiger partial charge in [0.25, 0.3) is 0 Å². The second kappa shape index (κ2) is 55.8. The van der Waals surface area contributed by atoms with E-state index in [-0.39, 0.29) is 173 Å². The average molecular weight is 2510 g/mol. The van der Waals surface area contributed by atoms with E-state index in [4.69, 9.17) is 42.3 Å². The Labute approximate surface area is 898 Å². The summed E-state index contributed by atoms with van der Waals surface area (Å²) in [6.45, 7) is 39.0.